The summed E-state index contributed by atoms with van der Waals surface area (Å²) in [7, 11) is 0. The molecule has 0 saturated carbocycles. The van der Waals surface area contributed by atoms with E-state index in [2.05, 4.69) is 62.1 Å². The van der Waals surface area contributed by atoms with E-state index in [-0.39, 0.29) is 5.97 Å². The number of rotatable bonds is 8. The highest BCUT2D eigenvalue weighted by Gasteiger charge is 2.32. The molecule has 2 aromatic rings. The number of halogens is 1. The number of carbonyl (C=O) groups excluding carboxylic acids is 1. The average Bonchev–Trinajstić information content (AvgIpc) is 2.74. The number of carbonyl (C=O) groups is 1. The minimum absolute atomic E-state index is 0.344. The molecule has 0 amide bonds. The Morgan fingerprint density at radius 3 is 1.94 bits per heavy atom. The second kappa shape index (κ2) is 10.8. The third-order valence-electron chi connectivity index (χ3n) is 5.83. The van der Waals surface area contributed by atoms with Crippen LogP contribution in [0.1, 0.15) is 43.0 Å². The molecule has 0 aliphatic carbocycles. The Morgan fingerprint density at radius 1 is 0.938 bits per heavy atom. The molecule has 0 radical (unpaired) electrons. The molecular formula is C26H35BrN2O3. The zero-order valence-corrected chi connectivity index (χ0v) is 21.5. The SMILES string of the molecule is CCOC(=O)C(C)(C)Oc1c(C)cc(CN2CCN(Cc3ccc(Br)cc3)CC2)cc1C. The first-order valence-electron chi connectivity index (χ1n) is 11.3. The van der Waals surface area contributed by atoms with E-state index in [9.17, 15) is 4.79 Å². The van der Waals surface area contributed by atoms with Crippen molar-refractivity contribution in [3.63, 3.8) is 0 Å². The van der Waals surface area contributed by atoms with Crippen molar-refractivity contribution in [3.05, 3.63) is 63.1 Å². The number of nitrogens with zero attached hydrogens (tertiary/aromatic N) is 2. The Labute approximate surface area is 200 Å². The van der Waals surface area contributed by atoms with E-state index < -0.39 is 5.60 Å². The normalized spacial score (nSPS) is 15.6. The van der Waals surface area contributed by atoms with E-state index in [0.717, 1.165) is 60.6 Å². The first kappa shape index (κ1) is 24.7. The lowest BCUT2D eigenvalue weighted by Gasteiger charge is -2.35. The summed E-state index contributed by atoms with van der Waals surface area (Å²) in [5, 5.41) is 0. The molecule has 0 spiro atoms. The second-order valence-electron chi connectivity index (χ2n) is 9.07. The first-order chi connectivity index (χ1) is 15.2. The third kappa shape index (κ3) is 6.56. The van der Waals surface area contributed by atoms with Crippen molar-refractivity contribution in [3.8, 4) is 5.75 Å². The van der Waals surface area contributed by atoms with Crippen LogP contribution in [-0.4, -0.2) is 54.2 Å². The molecule has 6 heteroatoms. The average molecular weight is 503 g/mol. The van der Waals surface area contributed by atoms with Gasteiger partial charge in [0.2, 0.25) is 0 Å². The summed E-state index contributed by atoms with van der Waals surface area (Å²) < 4.78 is 12.4. The van der Waals surface area contributed by atoms with Crippen LogP contribution < -0.4 is 4.74 Å². The van der Waals surface area contributed by atoms with Crippen molar-refractivity contribution in [1.82, 2.24) is 9.80 Å². The summed E-state index contributed by atoms with van der Waals surface area (Å²) in [6.07, 6.45) is 0. The van der Waals surface area contributed by atoms with Gasteiger partial charge in [-0.05, 0) is 69.0 Å². The molecular weight excluding hydrogens is 468 g/mol. The lowest BCUT2D eigenvalue weighted by molar-refractivity contribution is -0.158. The predicted molar refractivity (Wildman–Crippen MR) is 132 cm³/mol. The molecule has 174 valence electrons. The third-order valence-corrected chi connectivity index (χ3v) is 6.36. The fraction of sp³-hybridized carbons (Fsp3) is 0.500. The van der Waals surface area contributed by atoms with Crippen LogP contribution in [0.4, 0.5) is 0 Å². The zero-order chi connectivity index (χ0) is 23.3. The van der Waals surface area contributed by atoms with Gasteiger partial charge in [-0.15, -0.1) is 0 Å². The van der Waals surface area contributed by atoms with Gasteiger partial charge in [0, 0.05) is 43.7 Å². The molecule has 1 heterocycles. The Morgan fingerprint density at radius 2 is 1.44 bits per heavy atom. The highest BCUT2D eigenvalue weighted by atomic mass is 79.9. The van der Waals surface area contributed by atoms with E-state index >= 15 is 0 Å². The maximum absolute atomic E-state index is 12.2. The molecule has 3 rings (SSSR count). The summed E-state index contributed by atoms with van der Waals surface area (Å²) in [5.41, 5.74) is 3.72. The van der Waals surface area contributed by atoms with Crippen molar-refractivity contribution in [2.24, 2.45) is 0 Å². The first-order valence-corrected chi connectivity index (χ1v) is 12.1. The van der Waals surface area contributed by atoms with Crippen LogP contribution in [0.25, 0.3) is 0 Å². The summed E-state index contributed by atoms with van der Waals surface area (Å²) >= 11 is 3.50. The highest BCUT2D eigenvalue weighted by Crippen LogP contribution is 2.29. The van der Waals surface area contributed by atoms with Gasteiger partial charge in [-0.1, -0.05) is 40.2 Å². The van der Waals surface area contributed by atoms with Crippen molar-refractivity contribution < 1.29 is 14.3 Å². The van der Waals surface area contributed by atoms with Crippen LogP contribution in [0.5, 0.6) is 5.75 Å². The molecule has 2 aromatic carbocycles. The van der Waals surface area contributed by atoms with Crippen LogP contribution in [0.3, 0.4) is 0 Å². The van der Waals surface area contributed by atoms with Gasteiger partial charge in [-0.25, -0.2) is 4.79 Å². The molecule has 0 unspecified atom stereocenters. The summed E-state index contributed by atoms with van der Waals surface area (Å²) in [4.78, 5) is 17.2. The van der Waals surface area contributed by atoms with Crippen LogP contribution in [0.15, 0.2) is 40.9 Å². The van der Waals surface area contributed by atoms with Gasteiger partial charge in [0.15, 0.2) is 5.60 Å². The quantitative estimate of drug-likeness (QED) is 0.469. The maximum Gasteiger partial charge on any atom is 0.349 e. The van der Waals surface area contributed by atoms with Crippen LogP contribution in [0, 0.1) is 13.8 Å². The molecule has 5 nitrogen and oxygen atoms in total. The number of hydrogen-bond acceptors (Lipinski definition) is 5. The minimum Gasteiger partial charge on any atom is -0.476 e. The minimum atomic E-state index is -1.02. The molecule has 1 fully saturated rings. The molecule has 1 aliphatic heterocycles. The van der Waals surface area contributed by atoms with Crippen LogP contribution in [0.2, 0.25) is 0 Å². The Balaban J connectivity index is 1.57. The lowest BCUT2D eigenvalue weighted by atomic mass is 10.0. The van der Waals surface area contributed by atoms with Crippen molar-refractivity contribution in [1.29, 1.82) is 0 Å². The van der Waals surface area contributed by atoms with Gasteiger partial charge in [-0.3, -0.25) is 9.80 Å². The van der Waals surface area contributed by atoms with Gasteiger partial charge in [0.25, 0.3) is 0 Å². The van der Waals surface area contributed by atoms with Gasteiger partial charge < -0.3 is 9.47 Å². The number of ether oxygens (including phenoxy) is 2. The smallest absolute Gasteiger partial charge is 0.349 e. The van der Waals surface area contributed by atoms with Gasteiger partial charge in [-0.2, -0.15) is 0 Å². The van der Waals surface area contributed by atoms with E-state index in [1.54, 1.807) is 20.8 Å². The summed E-state index contributed by atoms with van der Waals surface area (Å²) in [6.45, 7) is 15.9. The molecule has 32 heavy (non-hydrogen) atoms. The highest BCUT2D eigenvalue weighted by molar-refractivity contribution is 9.10. The largest absolute Gasteiger partial charge is 0.476 e. The van der Waals surface area contributed by atoms with Crippen molar-refractivity contribution in [2.45, 2.75) is 53.3 Å². The number of esters is 1. The monoisotopic (exact) mass is 502 g/mol. The Kier molecular flexibility index (Phi) is 8.37. The molecule has 0 bridgehead atoms. The summed E-state index contributed by atoms with van der Waals surface area (Å²) in [6, 6.07) is 13.0. The number of piperazine rings is 1. The van der Waals surface area contributed by atoms with Gasteiger partial charge >= 0.3 is 5.97 Å². The zero-order valence-electron chi connectivity index (χ0n) is 19.9. The number of hydrogen-bond donors (Lipinski definition) is 0. The Hall–Kier alpha value is -1.89. The molecule has 0 aromatic heterocycles. The van der Waals surface area contributed by atoms with Crippen molar-refractivity contribution in [2.75, 3.05) is 32.8 Å². The van der Waals surface area contributed by atoms with Crippen LogP contribution >= 0.6 is 15.9 Å². The standard InChI is InChI=1S/C26H35BrN2O3/c1-6-31-25(30)26(4,5)32-24-19(2)15-22(16-20(24)3)18-29-13-11-28(12-14-29)17-21-7-9-23(27)10-8-21/h7-10,15-16H,6,11-14,17-18H2,1-5H3. The van der Waals surface area contributed by atoms with Crippen LogP contribution in [-0.2, 0) is 22.6 Å². The van der Waals surface area contributed by atoms with E-state index in [0.29, 0.717) is 6.61 Å². The number of aryl methyl sites for hydroxylation is 2. The molecule has 0 N–H and O–H groups in total. The predicted octanol–water partition coefficient (Wildman–Crippen LogP) is 5.10. The van der Waals surface area contributed by atoms with Gasteiger partial charge in [0.05, 0.1) is 6.61 Å². The second-order valence-corrected chi connectivity index (χ2v) is 9.99. The molecule has 1 aliphatic rings. The van der Waals surface area contributed by atoms with Crippen molar-refractivity contribution >= 4 is 21.9 Å². The van der Waals surface area contributed by atoms with Gasteiger partial charge in [0.1, 0.15) is 5.75 Å². The fourth-order valence-corrected chi connectivity index (χ4v) is 4.37. The molecule has 0 atom stereocenters. The van der Waals surface area contributed by atoms with E-state index in [1.807, 2.05) is 13.8 Å². The lowest BCUT2D eigenvalue weighted by Crippen LogP contribution is -2.45. The molecule has 1 saturated heterocycles. The summed E-state index contributed by atoms with van der Waals surface area (Å²) in [5.74, 6) is 0.426. The van der Waals surface area contributed by atoms with E-state index in [4.69, 9.17) is 9.47 Å². The number of benzene rings is 2. The Bertz CT molecular complexity index is 896. The fourth-order valence-electron chi connectivity index (χ4n) is 4.11. The van der Waals surface area contributed by atoms with E-state index in [1.165, 1.54) is 11.1 Å². The topological polar surface area (TPSA) is 42.0 Å². The maximum atomic E-state index is 12.2.